The van der Waals surface area contributed by atoms with Crippen molar-refractivity contribution in [3.8, 4) is 17.2 Å². The van der Waals surface area contributed by atoms with E-state index in [-0.39, 0.29) is 5.91 Å². The van der Waals surface area contributed by atoms with Crippen LogP contribution in [0.25, 0.3) is 5.57 Å². The molecule has 1 aromatic carbocycles. The van der Waals surface area contributed by atoms with Gasteiger partial charge in [0.25, 0.3) is 5.91 Å². The number of thiophene rings is 2. The summed E-state index contributed by atoms with van der Waals surface area (Å²) in [7, 11) is 4.66. The maximum absolute atomic E-state index is 13.2. The molecule has 0 aliphatic carbocycles. The average Bonchev–Trinajstić information content (AvgIpc) is 3.58. The van der Waals surface area contributed by atoms with Crippen LogP contribution in [0.15, 0.2) is 51.9 Å². The number of benzene rings is 1. The SMILES string of the molecule is COc1cc(C(=O)N2CCN(CC=C(c3ccsc3)c3ccsc3)CC2)cc(OC)c1OC. The van der Waals surface area contributed by atoms with Crippen LogP contribution in [0.4, 0.5) is 0 Å². The molecule has 0 bridgehead atoms. The molecule has 3 aromatic rings. The molecule has 0 unspecified atom stereocenters. The number of carbonyl (C=O) groups is 1. The highest BCUT2D eigenvalue weighted by Gasteiger charge is 2.24. The van der Waals surface area contributed by atoms with Crippen LogP contribution in [0.5, 0.6) is 17.2 Å². The third kappa shape index (κ3) is 5.24. The molecule has 174 valence electrons. The molecule has 4 rings (SSSR count). The third-order valence-electron chi connectivity index (χ3n) is 5.79. The molecule has 0 N–H and O–H groups in total. The van der Waals surface area contributed by atoms with Crippen LogP contribution in [0.1, 0.15) is 21.5 Å². The van der Waals surface area contributed by atoms with E-state index in [0.29, 0.717) is 35.9 Å². The normalized spacial score (nSPS) is 14.1. The number of amides is 1. The van der Waals surface area contributed by atoms with Gasteiger partial charge >= 0.3 is 0 Å². The van der Waals surface area contributed by atoms with Gasteiger partial charge in [0.1, 0.15) is 0 Å². The maximum Gasteiger partial charge on any atom is 0.254 e. The van der Waals surface area contributed by atoms with E-state index < -0.39 is 0 Å². The number of methoxy groups -OCH3 is 3. The smallest absolute Gasteiger partial charge is 0.254 e. The number of piperazine rings is 1. The minimum atomic E-state index is -0.0262. The first-order valence-corrected chi connectivity index (χ1v) is 12.6. The first kappa shape index (κ1) is 23.4. The Labute approximate surface area is 202 Å². The summed E-state index contributed by atoms with van der Waals surface area (Å²) in [5.74, 6) is 1.43. The van der Waals surface area contributed by atoms with Crippen molar-refractivity contribution >= 4 is 34.2 Å². The number of ether oxygens (including phenoxy) is 3. The monoisotopic (exact) mass is 484 g/mol. The number of hydrogen-bond donors (Lipinski definition) is 0. The summed E-state index contributed by atoms with van der Waals surface area (Å²) in [5, 5.41) is 8.61. The van der Waals surface area contributed by atoms with Gasteiger partial charge in [-0.25, -0.2) is 0 Å². The van der Waals surface area contributed by atoms with Gasteiger partial charge in [0.05, 0.1) is 21.3 Å². The summed E-state index contributed by atoms with van der Waals surface area (Å²) in [6.07, 6.45) is 2.31. The Morgan fingerprint density at radius 2 is 1.45 bits per heavy atom. The van der Waals surface area contributed by atoms with Gasteiger partial charge in [0.2, 0.25) is 5.75 Å². The Hall–Kier alpha value is -2.81. The van der Waals surface area contributed by atoms with Gasteiger partial charge in [0.15, 0.2) is 11.5 Å². The standard InChI is InChI=1S/C25H28N2O4S2/c1-29-22-14-20(15-23(30-2)24(22)31-3)25(28)27-10-8-26(9-11-27)7-4-21(18-5-12-32-16-18)19-6-13-33-17-19/h4-6,12-17H,7-11H2,1-3H3. The zero-order valence-corrected chi connectivity index (χ0v) is 20.7. The summed E-state index contributed by atoms with van der Waals surface area (Å²) in [5.41, 5.74) is 4.33. The summed E-state index contributed by atoms with van der Waals surface area (Å²) in [6, 6.07) is 7.77. The fourth-order valence-corrected chi connectivity index (χ4v) is 5.29. The van der Waals surface area contributed by atoms with Crippen LogP contribution in [0.3, 0.4) is 0 Å². The third-order valence-corrected chi connectivity index (χ3v) is 7.16. The van der Waals surface area contributed by atoms with E-state index in [1.807, 2.05) is 4.90 Å². The van der Waals surface area contributed by atoms with Crippen LogP contribution in [0.2, 0.25) is 0 Å². The lowest BCUT2D eigenvalue weighted by atomic mass is 10.0. The van der Waals surface area contributed by atoms with Crippen molar-refractivity contribution in [2.24, 2.45) is 0 Å². The van der Waals surface area contributed by atoms with Gasteiger partial charge < -0.3 is 19.1 Å². The molecule has 1 aliphatic heterocycles. The fourth-order valence-electron chi connectivity index (χ4n) is 3.98. The molecule has 1 fully saturated rings. The van der Waals surface area contributed by atoms with Crippen molar-refractivity contribution in [3.05, 3.63) is 68.6 Å². The molecule has 0 atom stereocenters. The topological polar surface area (TPSA) is 51.2 Å². The Morgan fingerprint density at radius 3 is 1.91 bits per heavy atom. The first-order valence-electron chi connectivity index (χ1n) is 10.7. The molecule has 8 heteroatoms. The van der Waals surface area contributed by atoms with E-state index >= 15 is 0 Å². The summed E-state index contributed by atoms with van der Waals surface area (Å²) < 4.78 is 16.2. The number of hydrogen-bond acceptors (Lipinski definition) is 7. The highest BCUT2D eigenvalue weighted by molar-refractivity contribution is 7.08. The van der Waals surface area contributed by atoms with E-state index in [4.69, 9.17) is 14.2 Å². The van der Waals surface area contributed by atoms with E-state index in [1.165, 1.54) is 16.7 Å². The van der Waals surface area contributed by atoms with Gasteiger partial charge in [0, 0.05) is 38.3 Å². The van der Waals surface area contributed by atoms with Gasteiger partial charge in [-0.2, -0.15) is 22.7 Å². The highest BCUT2D eigenvalue weighted by atomic mass is 32.1. The Bertz CT molecular complexity index is 1020. The molecule has 0 spiro atoms. The predicted molar refractivity (Wildman–Crippen MR) is 134 cm³/mol. The molecule has 6 nitrogen and oxygen atoms in total. The van der Waals surface area contributed by atoms with Gasteiger partial charge in [-0.3, -0.25) is 9.69 Å². The molecule has 2 aromatic heterocycles. The molecular formula is C25H28N2O4S2. The van der Waals surface area contributed by atoms with Crippen molar-refractivity contribution in [3.63, 3.8) is 0 Å². The van der Waals surface area contributed by atoms with Crippen LogP contribution in [0, 0.1) is 0 Å². The second-order valence-corrected chi connectivity index (χ2v) is 9.21. The van der Waals surface area contributed by atoms with Crippen molar-refractivity contribution in [1.29, 1.82) is 0 Å². The number of carbonyl (C=O) groups excluding carboxylic acids is 1. The second-order valence-electron chi connectivity index (χ2n) is 7.65. The van der Waals surface area contributed by atoms with Crippen molar-refractivity contribution < 1.29 is 19.0 Å². The van der Waals surface area contributed by atoms with E-state index in [2.05, 4.69) is 44.6 Å². The Kier molecular flexibility index (Phi) is 7.69. The van der Waals surface area contributed by atoms with Crippen LogP contribution in [-0.2, 0) is 0 Å². The van der Waals surface area contributed by atoms with Gasteiger partial charge in [-0.15, -0.1) is 0 Å². The zero-order chi connectivity index (χ0) is 23.2. The maximum atomic E-state index is 13.2. The number of rotatable bonds is 8. The molecule has 3 heterocycles. The predicted octanol–water partition coefficient (Wildman–Crippen LogP) is 4.73. The molecule has 0 radical (unpaired) electrons. The van der Waals surface area contributed by atoms with Crippen molar-refractivity contribution in [2.45, 2.75) is 0 Å². The Balaban J connectivity index is 1.42. The highest BCUT2D eigenvalue weighted by Crippen LogP contribution is 2.38. The molecule has 33 heavy (non-hydrogen) atoms. The minimum Gasteiger partial charge on any atom is -0.493 e. The molecule has 1 saturated heterocycles. The lowest BCUT2D eigenvalue weighted by Gasteiger charge is -2.34. The van der Waals surface area contributed by atoms with E-state index in [9.17, 15) is 4.79 Å². The van der Waals surface area contributed by atoms with Crippen molar-refractivity contribution in [2.75, 3.05) is 54.1 Å². The second kappa shape index (κ2) is 10.9. The molecule has 1 amide bonds. The summed E-state index contributed by atoms with van der Waals surface area (Å²) in [4.78, 5) is 17.4. The summed E-state index contributed by atoms with van der Waals surface area (Å²) in [6.45, 7) is 3.86. The van der Waals surface area contributed by atoms with E-state index in [0.717, 1.165) is 19.6 Å². The van der Waals surface area contributed by atoms with Crippen molar-refractivity contribution in [1.82, 2.24) is 9.80 Å². The zero-order valence-electron chi connectivity index (χ0n) is 19.1. The minimum absolute atomic E-state index is 0.0262. The molecule has 0 saturated carbocycles. The largest absolute Gasteiger partial charge is 0.493 e. The van der Waals surface area contributed by atoms with Crippen LogP contribution >= 0.6 is 22.7 Å². The van der Waals surface area contributed by atoms with Gasteiger partial charge in [-0.05, 0) is 62.5 Å². The van der Waals surface area contributed by atoms with Gasteiger partial charge in [-0.1, -0.05) is 6.08 Å². The van der Waals surface area contributed by atoms with Crippen LogP contribution in [-0.4, -0.2) is 69.8 Å². The lowest BCUT2D eigenvalue weighted by molar-refractivity contribution is 0.0649. The fraction of sp³-hybridized carbons (Fsp3) is 0.320. The average molecular weight is 485 g/mol. The first-order chi connectivity index (χ1) is 16.1. The molecular weight excluding hydrogens is 456 g/mol. The van der Waals surface area contributed by atoms with Crippen LogP contribution < -0.4 is 14.2 Å². The lowest BCUT2D eigenvalue weighted by Crippen LogP contribution is -2.48. The molecule has 1 aliphatic rings. The number of nitrogens with zero attached hydrogens (tertiary/aromatic N) is 2. The summed E-state index contributed by atoms with van der Waals surface area (Å²) >= 11 is 3.43. The van der Waals surface area contributed by atoms with E-state index in [1.54, 1.807) is 56.1 Å². The quantitative estimate of drug-likeness (QED) is 0.463. The Morgan fingerprint density at radius 1 is 0.879 bits per heavy atom.